The fourth-order valence-electron chi connectivity index (χ4n) is 2.13. The summed E-state index contributed by atoms with van der Waals surface area (Å²) in [7, 11) is 0. The van der Waals surface area contributed by atoms with Crippen molar-refractivity contribution in [3.8, 4) is 16.9 Å². The van der Waals surface area contributed by atoms with E-state index in [-0.39, 0.29) is 0 Å². The van der Waals surface area contributed by atoms with E-state index in [0.29, 0.717) is 0 Å². The van der Waals surface area contributed by atoms with E-state index in [1.807, 2.05) is 48.7 Å². The van der Waals surface area contributed by atoms with Crippen LogP contribution < -0.4 is 5.73 Å². The number of amides is 1. The Bertz CT molecular complexity index is 807. The van der Waals surface area contributed by atoms with Gasteiger partial charge in [0.25, 0.3) is 0 Å². The van der Waals surface area contributed by atoms with E-state index < -0.39 is 5.91 Å². The molecule has 3 rings (SSSR count). The van der Waals surface area contributed by atoms with Gasteiger partial charge in [0.15, 0.2) is 0 Å². The highest BCUT2D eigenvalue weighted by atomic mass is 16.1. The van der Waals surface area contributed by atoms with Crippen molar-refractivity contribution < 1.29 is 4.79 Å². The molecule has 2 N–H and O–H groups in total. The summed E-state index contributed by atoms with van der Waals surface area (Å²) >= 11 is 0. The summed E-state index contributed by atoms with van der Waals surface area (Å²) in [6, 6.07) is 13.5. The SMILES string of the molecule is NC(=O)C=Cc1cn(-c2ccccc2)nc1-c1ccncc1. The number of hydrogen-bond donors (Lipinski definition) is 1. The number of hydrogen-bond acceptors (Lipinski definition) is 3. The lowest BCUT2D eigenvalue weighted by Crippen LogP contribution is -2.05. The molecule has 0 aliphatic heterocycles. The Morgan fingerprint density at radius 1 is 1.09 bits per heavy atom. The summed E-state index contributed by atoms with van der Waals surface area (Å²) in [5.74, 6) is -0.492. The number of para-hydroxylation sites is 1. The van der Waals surface area contributed by atoms with Crippen molar-refractivity contribution in [1.29, 1.82) is 0 Å². The van der Waals surface area contributed by atoms with E-state index in [4.69, 9.17) is 5.73 Å². The van der Waals surface area contributed by atoms with Crippen molar-refractivity contribution in [2.75, 3.05) is 0 Å². The summed E-state index contributed by atoms with van der Waals surface area (Å²) in [5.41, 5.74) is 8.63. The molecule has 0 atom stereocenters. The van der Waals surface area contributed by atoms with E-state index >= 15 is 0 Å². The van der Waals surface area contributed by atoms with E-state index in [1.165, 1.54) is 6.08 Å². The molecule has 0 radical (unpaired) electrons. The molecule has 0 saturated carbocycles. The van der Waals surface area contributed by atoms with Crippen LogP contribution in [-0.4, -0.2) is 20.7 Å². The Morgan fingerprint density at radius 2 is 1.82 bits per heavy atom. The highest BCUT2D eigenvalue weighted by Gasteiger charge is 2.10. The molecule has 1 amide bonds. The fraction of sp³-hybridized carbons (Fsp3) is 0. The van der Waals surface area contributed by atoms with Gasteiger partial charge >= 0.3 is 0 Å². The predicted octanol–water partition coefficient (Wildman–Crippen LogP) is 2.43. The molecular formula is C17H14N4O. The van der Waals surface area contributed by atoms with Crippen molar-refractivity contribution in [2.24, 2.45) is 5.73 Å². The molecule has 0 aliphatic carbocycles. The second-order valence-corrected chi connectivity index (χ2v) is 4.68. The molecule has 5 heteroatoms. The summed E-state index contributed by atoms with van der Waals surface area (Å²) in [6.45, 7) is 0. The van der Waals surface area contributed by atoms with Gasteiger partial charge in [-0.25, -0.2) is 4.68 Å². The second-order valence-electron chi connectivity index (χ2n) is 4.68. The zero-order chi connectivity index (χ0) is 15.4. The zero-order valence-corrected chi connectivity index (χ0v) is 11.8. The average molecular weight is 290 g/mol. The quantitative estimate of drug-likeness (QED) is 0.750. The Kier molecular flexibility index (Phi) is 3.78. The van der Waals surface area contributed by atoms with Crippen LogP contribution in [0.5, 0.6) is 0 Å². The summed E-state index contributed by atoms with van der Waals surface area (Å²) in [5, 5.41) is 4.61. The molecule has 0 aliphatic rings. The standard InChI is InChI=1S/C17H14N4O/c18-16(22)7-6-14-12-21(15-4-2-1-3-5-15)20-17(14)13-8-10-19-11-9-13/h1-12H,(H2,18,22). The molecule has 3 aromatic rings. The van der Waals surface area contributed by atoms with Crippen LogP contribution in [-0.2, 0) is 4.79 Å². The van der Waals surface area contributed by atoms with Gasteiger partial charge in [-0.05, 0) is 30.3 Å². The summed E-state index contributed by atoms with van der Waals surface area (Å²) < 4.78 is 1.77. The van der Waals surface area contributed by atoms with Gasteiger partial charge < -0.3 is 5.73 Å². The van der Waals surface area contributed by atoms with Gasteiger partial charge in [-0.15, -0.1) is 0 Å². The predicted molar refractivity (Wildman–Crippen MR) is 85.0 cm³/mol. The van der Waals surface area contributed by atoms with Gasteiger partial charge in [0.2, 0.25) is 5.91 Å². The smallest absolute Gasteiger partial charge is 0.241 e. The number of benzene rings is 1. The lowest BCUT2D eigenvalue weighted by molar-refractivity contribution is -0.113. The minimum Gasteiger partial charge on any atom is -0.366 e. The third-order valence-corrected chi connectivity index (χ3v) is 3.14. The Labute approximate surface area is 127 Å². The molecule has 2 heterocycles. The first kappa shape index (κ1) is 13.8. The van der Waals surface area contributed by atoms with Crippen molar-refractivity contribution in [3.63, 3.8) is 0 Å². The number of carbonyl (C=O) groups excluding carboxylic acids is 1. The van der Waals surface area contributed by atoms with Crippen LogP contribution in [0.15, 0.2) is 67.1 Å². The van der Waals surface area contributed by atoms with Crippen LogP contribution in [0.3, 0.4) is 0 Å². The minimum absolute atomic E-state index is 0.492. The van der Waals surface area contributed by atoms with Crippen LogP contribution >= 0.6 is 0 Å². The average Bonchev–Trinajstić information content (AvgIpc) is 2.99. The summed E-state index contributed by atoms with van der Waals surface area (Å²) in [4.78, 5) is 15.0. The van der Waals surface area contributed by atoms with Crippen LogP contribution in [0, 0.1) is 0 Å². The van der Waals surface area contributed by atoms with Crippen molar-refractivity contribution in [2.45, 2.75) is 0 Å². The lowest BCUT2D eigenvalue weighted by atomic mass is 10.1. The van der Waals surface area contributed by atoms with E-state index in [1.54, 1.807) is 23.2 Å². The first-order chi connectivity index (χ1) is 10.7. The topological polar surface area (TPSA) is 73.8 Å². The number of nitrogens with two attached hydrogens (primary N) is 1. The number of primary amides is 1. The van der Waals surface area contributed by atoms with Gasteiger partial charge in [0.05, 0.1) is 5.69 Å². The van der Waals surface area contributed by atoms with Crippen molar-refractivity contribution >= 4 is 12.0 Å². The van der Waals surface area contributed by atoms with Gasteiger partial charge in [-0.2, -0.15) is 5.10 Å². The molecule has 2 aromatic heterocycles. The van der Waals surface area contributed by atoms with Crippen LogP contribution in [0.1, 0.15) is 5.56 Å². The molecule has 0 fully saturated rings. The fourth-order valence-corrected chi connectivity index (χ4v) is 2.13. The van der Waals surface area contributed by atoms with Gasteiger partial charge in [-0.3, -0.25) is 9.78 Å². The summed E-state index contributed by atoms with van der Waals surface area (Å²) in [6.07, 6.45) is 8.28. The Morgan fingerprint density at radius 3 is 2.50 bits per heavy atom. The monoisotopic (exact) mass is 290 g/mol. The molecule has 0 saturated heterocycles. The van der Waals surface area contributed by atoms with Crippen molar-refractivity contribution in [3.05, 3.63) is 72.7 Å². The minimum atomic E-state index is -0.492. The zero-order valence-electron chi connectivity index (χ0n) is 11.8. The first-order valence-corrected chi connectivity index (χ1v) is 6.77. The maximum atomic E-state index is 11.0. The maximum absolute atomic E-state index is 11.0. The number of nitrogens with zero attached hydrogens (tertiary/aromatic N) is 3. The van der Waals surface area contributed by atoms with Gasteiger partial charge in [-0.1, -0.05) is 18.2 Å². The molecule has 22 heavy (non-hydrogen) atoms. The molecule has 0 unspecified atom stereocenters. The van der Waals surface area contributed by atoms with Crippen LogP contribution in [0.25, 0.3) is 23.0 Å². The van der Waals surface area contributed by atoms with Crippen LogP contribution in [0.4, 0.5) is 0 Å². The third-order valence-electron chi connectivity index (χ3n) is 3.14. The Balaban J connectivity index is 2.11. The maximum Gasteiger partial charge on any atom is 0.241 e. The molecular weight excluding hydrogens is 276 g/mol. The molecule has 1 aromatic carbocycles. The molecule has 108 valence electrons. The highest BCUT2D eigenvalue weighted by molar-refractivity contribution is 5.91. The highest BCUT2D eigenvalue weighted by Crippen LogP contribution is 2.24. The van der Waals surface area contributed by atoms with E-state index in [9.17, 15) is 4.79 Å². The van der Waals surface area contributed by atoms with Crippen LogP contribution in [0.2, 0.25) is 0 Å². The number of carbonyl (C=O) groups is 1. The largest absolute Gasteiger partial charge is 0.366 e. The third kappa shape index (κ3) is 2.93. The Hall–Kier alpha value is -3.21. The van der Waals surface area contributed by atoms with Gasteiger partial charge in [0.1, 0.15) is 5.69 Å². The van der Waals surface area contributed by atoms with E-state index in [2.05, 4.69) is 10.1 Å². The number of aromatic nitrogens is 3. The molecule has 5 nitrogen and oxygen atoms in total. The normalized spacial score (nSPS) is 10.9. The first-order valence-electron chi connectivity index (χ1n) is 6.77. The van der Waals surface area contributed by atoms with E-state index in [0.717, 1.165) is 22.5 Å². The number of pyridine rings is 1. The number of rotatable bonds is 4. The van der Waals surface area contributed by atoms with Gasteiger partial charge in [0, 0.05) is 35.8 Å². The molecule has 0 bridgehead atoms. The van der Waals surface area contributed by atoms with Crippen molar-refractivity contribution in [1.82, 2.24) is 14.8 Å². The molecule has 0 spiro atoms. The second kappa shape index (κ2) is 6.05. The lowest BCUT2D eigenvalue weighted by Gasteiger charge is -2.00.